The van der Waals surface area contributed by atoms with Crippen molar-refractivity contribution in [3.63, 3.8) is 0 Å². The lowest BCUT2D eigenvalue weighted by molar-refractivity contribution is 0.251. The van der Waals surface area contributed by atoms with E-state index in [1.54, 1.807) is 36.5 Å². The number of rotatable bonds is 5. The third-order valence-electron chi connectivity index (χ3n) is 3.33. The number of oxazole rings is 1. The van der Waals surface area contributed by atoms with Crippen molar-refractivity contribution in [3.8, 4) is 28.9 Å². The van der Waals surface area contributed by atoms with Crippen LogP contribution < -0.4 is 9.47 Å². The molecule has 1 heterocycles. The first kappa shape index (κ1) is 15.9. The summed E-state index contributed by atoms with van der Waals surface area (Å²) in [6, 6.07) is 14.3. The number of halogens is 1. The molecule has 6 heteroatoms. The van der Waals surface area contributed by atoms with Crippen molar-refractivity contribution in [2.24, 2.45) is 0 Å². The zero-order valence-electron chi connectivity index (χ0n) is 12.8. The second kappa shape index (κ2) is 7.07. The molecule has 0 atom stereocenters. The van der Waals surface area contributed by atoms with Crippen molar-refractivity contribution in [2.45, 2.75) is 6.61 Å². The minimum atomic E-state index is 0.149. The summed E-state index contributed by atoms with van der Waals surface area (Å²) in [5.41, 5.74) is 1.38. The lowest BCUT2D eigenvalue weighted by Gasteiger charge is -2.09. The molecule has 0 N–H and O–H groups in total. The van der Waals surface area contributed by atoms with Gasteiger partial charge >= 0.3 is 0 Å². The maximum absolute atomic E-state index is 8.90. The van der Waals surface area contributed by atoms with Crippen molar-refractivity contribution in [1.29, 1.82) is 5.26 Å². The SMILES string of the molecule is COc1cc(C#N)ccc1OCc1ncc(-c2ccc(Cl)cc2)o1. The molecular formula is C18H13ClN2O3. The van der Waals surface area contributed by atoms with E-state index in [0.717, 1.165) is 5.56 Å². The molecule has 0 saturated carbocycles. The van der Waals surface area contributed by atoms with Gasteiger partial charge in [0.25, 0.3) is 0 Å². The van der Waals surface area contributed by atoms with Crippen molar-refractivity contribution < 1.29 is 13.9 Å². The van der Waals surface area contributed by atoms with Gasteiger partial charge in [-0.25, -0.2) is 4.98 Å². The Hall–Kier alpha value is -2.97. The van der Waals surface area contributed by atoms with Gasteiger partial charge in [-0.2, -0.15) is 5.26 Å². The van der Waals surface area contributed by atoms with Crippen molar-refractivity contribution >= 4 is 11.6 Å². The maximum atomic E-state index is 8.90. The fourth-order valence-electron chi connectivity index (χ4n) is 2.12. The molecule has 0 aliphatic carbocycles. The first-order chi connectivity index (χ1) is 11.7. The molecule has 3 rings (SSSR count). The predicted octanol–water partition coefficient (Wildman–Crippen LogP) is 4.45. The fraction of sp³-hybridized carbons (Fsp3) is 0.111. The highest BCUT2D eigenvalue weighted by Crippen LogP contribution is 2.29. The minimum absolute atomic E-state index is 0.149. The Labute approximate surface area is 144 Å². The lowest BCUT2D eigenvalue weighted by atomic mass is 10.2. The molecule has 0 aliphatic heterocycles. The van der Waals surface area contributed by atoms with Gasteiger partial charge in [0.15, 0.2) is 23.9 Å². The number of nitrogens with zero attached hydrogens (tertiary/aromatic N) is 2. The smallest absolute Gasteiger partial charge is 0.232 e. The molecule has 1 aromatic heterocycles. The number of benzene rings is 2. The molecule has 0 aliphatic rings. The minimum Gasteiger partial charge on any atom is -0.493 e. The van der Waals surface area contributed by atoms with Gasteiger partial charge in [-0.15, -0.1) is 0 Å². The van der Waals surface area contributed by atoms with Crippen LogP contribution in [0.5, 0.6) is 11.5 Å². The third-order valence-corrected chi connectivity index (χ3v) is 3.58. The second-order valence-electron chi connectivity index (χ2n) is 4.89. The zero-order chi connectivity index (χ0) is 16.9. The Morgan fingerprint density at radius 3 is 2.67 bits per heavy atom. The molecule has 24 heavy (non-hydrogen) atoms. The zero-order valence-corrected chi connectivity index (χ0v) is 13.6. The molecular weight excluding hydrogens is 328 g/mol. The van der Waals surface area contributed by atoms with Gasteiger partial charge in [-0.05, 0) is 36.4 Å². The molecule has 0 spiro atoms. The van der Waals surface area contributed by atoms with Crippen LogP contribution in [0, 0.1) is 11.3 Å². The maximum Gasteiger partial charge on any atom is 0.232 e. The highest BCUT2D eigenvalue weighted by atomic mass is 35.5. The van der Waals surface area contributed by atoms with Gasteiger partial charge in [-0.1, -0.05) is 11.6 Å². The summed E-state index contributed by atoms with van der Waals surface area (Å²) in [5.74, 6) is 2.07. The Balaban J connectivity index is 1.72. The summed E-state index contributed by atoms with van der Waals surface area (Å²) in [6.07, 6.45) is 1.64. The molecule has 0 bridgehead atoms. The molecule has 2 aromatic carbocycles. The second-order valence-corrected chi connectivity index (χ2v) is 5.33. The number of hydrogen-bond acceptors (Lipinski definition) is 5. The normalized spacial score (nSPS) is 10.2. The summed E-state index contributed by atoms with van der Waals surface area (Å²) >= 11 is 5.87. The molecule has 5 nitrogen and oxygen atoms in total. The van der Waals surface area contributed by atoms with Crippen molar-refractivity contribution in [3.05, 3.63) is 65.1 Å². The monoisotopic (exact) mass is 340 g/mol. The molecule has 3 aromatic rings. The summed E-state index contributed by atoms with van der Waals surface area (Å²) < 4.78 is 16.6. The van der Waals surface area contributed by atoms with E-state index in [1.807, 2.05) is 12.1 Å². The van der Waals surface area contributed by atoms with E-state index in [9.17, 15) is 0 Å². The van der Waals surface area contributed by atoms with Crippen molar-refractivity contribution in [1.82, 2.24) is 4.98 Å². The number of nitriles is 1. The Kier molecular flexibility index (Phi) is 4.69. The number of aromatic nitrogens is 1. The van der Waals surface area contributed by atoms with Crippen LogP contribution in [0.2, 0.25) is 5.02 Å². The van der Waals surface area contributed by atoms with Gasteiger partial charge in [0.2, 0.25) is 5.89 Å². The van der Waals surface area contributed by atoms with E-state index >= 15 is 0 Å². The van der Waals surface area contributed by atoms with Crippen LogP contribution in [-0.4, -0.2) is 12.1 Å². The number of methoxy groups -OCH3 is 1. The third kappa shape index (κ3) is 3.50. The van der Waals surface area contributed by atoms with E-state index in [0.29, 0.717) is 33.7 Å². The van der Waals surface area contributed by atoms with E-state index < -0.39 is 0 Å². The van der Waals surface area contributed by atoms with Gasteiger partial charge in [0.1, 0.15) is 0 Å². The molecule has 0 saturated heterocycles. The van der Waals surface area contributed by atoms with E-state index in [2.05, 4.69) is 11.1 Å². The summed E-state index contributed by atoms with van der Waals surface area (Å²) in [6.45, 7) is 0.149. The van der Waals surface area contributed by atoms with Crippen LogP contribution in [0.25, 0.3) is 11.3 Å². The fourth-order valence-corrected chi connectivity index (χ4v) is 2.25. The molecule has 0 radical (unpaired) electrons. The van der Waals surface area contributed by atoms with Crippen LogP contribution in [0.1, 0.15) is 11.5 Å². The molecule has 120 valence electrons. The largest absolute Gasteiger partial charge is 0.493 e. The van der Waals surface area contributed by atoms with Crippen LogP contribution in [0.4, 0.5) is 0 Å². The number of hydrogen-bond donors (Lipinski definition) is 0. The van der Waals surface area contributed by atoms with Crippen LogP contribution in [0.3, 0.4) is 0 Å². The average molecular weight is 341 g/mol. The van der Waals surface area contributed by atoms with E-state index in [-0.39, 0.29) is 6.61 Å². The Morgan fingerprint density at radius 2 is 1.96 bits per heavy atom. The standard InChI is InChI=1S/C18H13ClN2O3/c1-22-16-8-12(9-20)2-7-15(16)23-11-18-21-10-17(24-18)13-3-5-14(19)6-4-13/h2-8,10H,11H2,1H3. The van der Waals surface area contributed by atoms with E-state index in [1.165, 1.54) is 7.11 Å². The first-order valence-electron chi connectivity index (χ1n) is 7.11. The quantitative estimate of drug-likeness (QED) is 0.686. The summed E-state index contributed by atoms with van der Waals surface area (Å²) in [5, 5.41) is 9.57. The van der Waals surface area contributed by atoms with Crippen LogP contribution in [0.15, 0.2) is 53.1 Å². The summed E-state index contributed by atoms with van der Waals surface area (Å²) in [7, 11) is 1.52. The Morgan fingerprint density at radius 1 is 1.17 bits per heavy atom. The topological polar surface area (TPSA) is 68.3 Å². The Bertz CT molecular complexity index is 882. The molecule has 0 amide bonds. The predicted molar refractivity (Wildman–Crippen MR) is 89.0 cm³/mol. The first-order valence-corrected chi connectivity index (χ1v) is 7.49. The van der Waals surface area contributed by atoms with Gasteiger partial charge in [-0.3, -0.25) is 0 Å². The van der Waals surface area contributed by atoms with Gasteiger partial charge < -0.3 is 13.9 Å². The van der Waals surface area contributed by atoms with E-state index in [4.69, 9.17) is 30.8 Å². The molecule has 0 unspecified atom stereocenters. The van der Waals surface area contributed by atoms with Crippen LogP contribution >= 0.6 is 11.6 Å². The summed E-state index contributed by atoms with van der Waals surface area (Å²) in [4.78, 5) is 4.20. The lowest BCUT2D eigenvalue weighted by Crippen LogP contribution is -1.98. The van der Waals surface area contributed by atoms with Gasteiger partial charge in [0, 0.05) is 16.7 Å². The van der Waals surface area contributed by atoms with Crippen molar-refractivity contribution in [2.75, 3.05) is 7.11 Å². The number of ether oxygens (including phenoxy) is 2. The molecule has 0 fully saturated rings. The average Bonchev–Trinajstić information content (AvgIpc) is 3.09. The van der Waals surface area contributed by atoms with Crippen LogP contribution in [-0.2, 0) is 6.61 Å². The highest BCUT2D eigenvalue weighted by molar-refractivity contribution is 6.30. The van der Waals surface area contributed by atoms with Gasteiger partial charge in [0.05, 0.1) is 24.9 Å². The highest BCUT2D eigenvalue weighted by Gasteiger charge is 2.10.